The summed E-state index contributed by atoms with van der Waals surface area (Å²) >= 11 is 1.79. The molecule has 0 aliphatic carbocycles. The molecule has 172 valence electrons. The minimum absolute atomic E-state index is 0.609. The predicted molar refractivity (Wildman–Crippen MR) is 137 cm³/mol. The van der Waals surface area contributed by atoms with Gasteiger partial charge in [-0.15, -0.1) is 11.3 Å². The van der Waals surface area contributed by atoms with Gasteiger partial charge in [0.1, 0.15) is 25.5 Å². The van der Waals surface area contributed by atoms with Crippen LogP contribution in [0.1, 0.15) is 118 Å². The lowest BCUT2D eigenvalue weighted by molar-refractivity contribution is 0.305. The standard InChI is InChI=1S/C26H47NOSSi/c1-8-9-10-11-12-13-14-15-16-17-18-28-25-20-29-26(24(25)19-27)30(21(2)3,22(4)5)23(6)7/h20-23H,8-18H2,1-7H3. The first kappa shape index (κ1) is 27.2. The van der Waals surface area contributed by atoms with Crippen molar-refractivity contribution in [1.29, 1.82) is 5.26 Å². The van der Waals surface area contributed by atoms with Crippen LogP contribution in [0.15, 0.2) is 5.38 Å². The highest BCUT2D eigenvalue weighted by Crippen LogP contribution is 2.44. The second kappa shape index (κ2) is 14.3. The molecule has 1 aromatic heterocycles. The molecule has 0 fully saturated rings. The lowest BCUT2D eigenvalue weighted by atomic mass is 10.1. The fraction of sp³-hybridized carbons (Fsp3) is 0.808. The number of nitriles is 1. The molecule has 1 aromatic rings. The molecule has 0 aliphatic rings. The fourth-order valence-electron chi connectivity index (χ4n) is 5.43. The summed E-state index contributed by atoms with van der Waals surface area (Å²) in [5.74, 6) is 0.840. The van der Waals surface area contributed by atoms with E-state index < -0.39 is 8.07 Å². The van der Waals surface area contributed by atoms with Crippen molar-refractivity contribution < 1.29 is 4.74 Å². The Hall–Kier alpha value is -0.793. The maximum absolute atomic E-state index is 9.97. The van der Waals surface area contributed by atoms with Crippen LogP contribution >= 0.6 is 11.3 Å². The molecule has 2 nitrogen and oxygen atoms in total. The van der Waals surface area contributed by atoms with E-state index in [-0.39, 0.29) is 0 Å². The molecule has 0 atom stereocenters. The molecule has 0 aliphatic heterocycles. The number of thiophene rings is 1. The third kappa shape index (κ3) is 7.13. The first-order valence-electron chi connectivity index (χ1n) is 12.5. The van der Waals surface area contributed by atoms with Crippen molar-refractivity contribution in [2.45, 2.75) is 129 Å². The summed E-state index contributed by atoms with van der Waals surface area (Å²) in [4.78, 5) is 0. The van der Waals surface area contributed by atoms with Gasteiger partial charge in [-0.05, 0) is 23.0 Å². The SMILES string of the molecule is CCCCCCCCCCCCOc1csc([Si](C(C)C)(C(C)C)C(C)C)c1C#N. The number of hydrogen-bond donors (Lipinski definition) is 0. The molecular weight excluding hydrogens is 402 g/mol. The van der Waals surface area contributed by atoms with Gasteiger partial charge in [0.2, 0.25) is 0 Å². The van der Waals surface area contributed by atoms with Crippen LogP contribution in [0, 0.1) is 11.3 Å². The van der Waals surface area contributed by atoms with E-state index in [0.29, 0.717) is 16.6 Å². The third-order valence-electron chi connectivity index (χ3n) is 6.88. The van der Waals surface area contributed by atoms with Crippen LogP contribution in [0.2, 0.25) is 16.6 Å². The van der Waals surface area contributed by atoms with Crippen LogP contribution in [0.3, 0.4) is 0 Å². The van der Waals surface area contributed by atoms with Crippen molar-refractivity contribution in [2.75, 3.05) is 6.61 Å². The summed E-state index contributed by atoms with van der Waals surface area (Å²) in [6.45, 7) is 17.2. The molecule has 0 radical (unpaired) electrons. The Morgan fingerprint density at radius 3 is 1.73 bits per heavy atom. The number of hydrogen-bond acceptors (Lipinski definition) is 3. The molecule has 30 heavy (non-hydrogen) atoms. The van der Waals surface area contributed by atoms with E-state index in [1.807, 2.05) is 0 Å². The summed E-state index contributed by atoms with van der Waals surface area (Å²) in [5.41, 5.74) is 2.67. The van der Waals surface area contributed by atoms with Gasteiger partial charge in [0, 0.05) is 9.88 Å². The quantitative estimate of drug-likeness (QED) is 0.186. The maximum atomic E-state index is 9.97. The first-order valence-corrected chi connectivity index (χ1v) is 15.6. The van der Waals surface area contributed by atoms with Crippen molar-refractivity contribution in [2.24, 2.45) is 0 Å². The Labute approximate surface area is 192 Å². The Bertz CT molecular complexity index is 608. The summed E-state index contributed by atoms with van der Waals surface area (Å²) in [5, 5.41) is 12.1. The zero-order chi connectivity index (χ0) is 22.6. The van der Waals surface area contributed by atoms with Gasteiger partial charge in [-0.25, -0.2) is 0 Å². The van der Waals surface area contributed by atoms with Gasteiger partial charge >= 0.3 is 0 Å². The highest BCUT2D eigenvalue weighted by atomic mass is 32.1. The van der Waals surface area contributed by atoms with E-state index >= 15 is 0 Å². The molecule has 0 unspecified atom stereocenters. The predicted octanol–water partition coefficient (Wildman–Crippen LogP) is 8.81. The van der Waals surface area contributed by atoms with E-state index in [9.17, 15) is 5.26 Å². The van der Waals surface area contributed by atoms with E-state index in [2.05, 4.69) is 59.9 Å². The Morgan fingerprint density at radius 1 is 0.833 bits per heavy atom. The molecule has 0 N–H and O–H groups in total. The van der Waals surface area contributed by atoms with Crippen LogP contribution in [0.25, 0.3) is 0 Å². The number of ether oxygens (including phenoxy) is 1. The molecule has 0 saturated carbocycles. The highest BCUT2D eigenvalue weighted by molar-refractivity contribution is 7.27. The van der Waals surface area contributed by atoms with Gasteiger partial charge in [-0.2, -0.15) is 5.26 Å². The van der Waals surface area contributed by atoms with E-state index in [1.165, 1.54) is 62.3 Å². The van der Waals surface area contributed by atoms with E-state index in [0.717, 1.165) is 24.3 Å². The topological polar surface area (TPSA) is 33.0 Å². The molecule has 0 spiro atoms. The van der Waals surface area contributed by atoms with Gasteiger partial charge in [0.25, 0.3) is 0 Å². The average molecular weight is 450 g/mol. The van der Waals surface area contributed by atoms with Crippen LogP contribution in [-0.2, 0) is 0 Å². The van der Waals surface area contributed by atoms with Crippen molar-refractivity contribution in [3.8, 4) is 11.8 Å². The highest BCUT2D eigenvalue weighted by Gasteiger charge is 2.47. The van der Waals surface area contributed by atoms with E-state index in [1.54, 1.807) is 11.3 Å². The van der Waals surface area contributed by atoms with Crippen molar-refractivity contribution in [1.82, 2.24) is 0 Å². The maximum Gasteiger partial charge on any atom is 0.147 e. The number of rotatable bonds is 16. The molecule has 1 heterocycles. The molecule has 4 heteroatoms. The Kier molecular flexibility index (Phi) is 13.0. The lowest BCUT2D eigenvalue weighted by Crippen LogP contribution is -2.55. The summed E-state index contributed by atoms with van der Waals surface area (Å²) in [7, 11) is -1.81. The zero-order valence-corrected chi connectivity index (χ0v) is 22.7. The van der Waals surface area contributed by atoms with Gasteiger partial charge in [-0.1, -0.05) is 106 Å². The van der Waals surface area contributed by atoms with Crippen molar-refractivity contribution in [3.05, 3.63) is 10.9 Å². The van der Waals surface area contributed by atoms with Gasteiger partial charge in [0.15, 0.2) is 0 Å². The molecule has 0 aromatic carbocycles. The lowest BCUT2D eigenvalue weighted by Gasteiger charge is -2.42. The van der Waals surface area contributed by atoms with Gasteiger partial charge in [-0.3, -0.25) is 0 Å². The van der Waals surface area contributed by atoms with Gasteiger partial charge < -0.3 is 4.74 Å². The van der Waals surface area contributed by atoms with Crippen LogP contribution in [0.4, 0.5) is 0 Å². The van der Waals surface area contributed by atoms with Gasteiger partial charge in [0.05, 0.1) is 6.61 Å². The Balaban J connectivity index is 2.56. The molecule has 0 bridgehead atoms. The first-order chi connectivity index (χ1) is 14.3. The summed E-state index contributed by atoms with van der Waals surface area (Å²) in [6, 6.07) is 2.52. The van der Waals surface area contributed by atoms with Crippen LogP contribution < -0.4 is 9.24 Å². The second-order valence-electron chi connectivity index (χ2n) is 9.84. The average Bonchev–Trinajstić information content (AvgIpc) is 3.08. The summed E-state index contributed by atoms with van der Waals surface area (Å²) in [6.07, 6.45) is 13.3. The van der Waals surface area contributed by atoms with Crippen LogP contribution in [-0.4, -0.2) is 14.7 Å². The van der Waals surface area contributed by atoms with E-state index in [4.69, 9.17) is 4.74 Å². The number of unbranched alkanes of at least 4 members (excludes halogenated alkanes) is 9. The molecule has 1 rings (SSSR count). The smallest absolute Gasteiger partial charge is 0.147 e. The molecule has 0 amide bonds. The van der Waals surface area contributed by atoms with Crippen LogP contribution in [0.5, 0.6) is 5.75 Å². The van der Waals surface area contributed by atoms with Crippen molar-refractivity contribution in [3.63, 3.8) is 0 Å². The largest absolute Gasteiger partial charge is 0.491 e. The fourth-order valence-corrected chi connectivity index (χ4v) is 15.4. The molecule has 0 saturated heterocycles. The number of nitrogens with zero attached hydrogens (tertiary/aromatic N) is 1. The third-order valence-corrected chi connectivity index (χ3v) is 15.8. The minimum Gasteiger partial charge on any atom is -0.491 e. The van der Waals surface area contributed by atoms with Crippen molar-refractivity contribution >= 4 is 23.9 Å². The normalized spacial score (nSPS) is 12.2. The Morgan fingerprint density at radius 2 is 1.30 bits per heavy atom. The minimum atomic E-state index is -1.81. The zero-order valence-electron chi connectivity index (χ0n) is 20.9. The molecular formula is C26H47NOSSi. The monoisotopic (exact) mass is 449 g/mol. The summed E-state index contributed by atoms with van der Waals surface area (Å²) < 4.78 is 7.49. The second-order valence-corrected chi connectivity index (χ2v) is 16.9.